The summed E-state index contributed by atoms with van der Waals surface area (Å²) in [5.41, 5.74) is 2.20. The molecule has 6 heteroatoms. The SMILES string of the molecule is CCc1ccc2oc(=O)cc(CN3CCCC4(CC3)CNC(=O)O4)c2c1. The van der Waals surface area contributed by atoms with Crippen molar-refractivity contribution >= 4 is 17.1 Å². The highest BCUT2D eigenvalue weighted by Gasteiger charge is 2.41. The van der Waals surface area contributed by atoms with Crippen molar-refractivity contribution in [3.8, 4) is 0 Å². The van der Waals surface area contributed by atoms with Crippen molar-refractivity contribution in [3.63, 3.8) is 0 Å². The highest BCUT2D eigenvalue weighted by molar-refractivity contribution is 5.81. The molecule has 6 nitrogen and oxygen atoms in total. The Hall–Kier alpha value is -2.34. The molecule has 4 rings (SSSR count). The maximum Gasteiger partial charge on any atom is 0.407 e. The average Bonchev–Trinajstić information content (AvgIpc) is 2.88. The van der Waals surface area contributed by atoms with Gasteiger partial charge in [-0.2, -0.15) is 0 Å². The van der Waals surface area contributed by atoms with Crippen LogP contribution < -0.4 is 10.9 Å². The summed E-state index contributed by atoms with van der Waals surface area (Å²) < 4.78 is 10.9. The molecule has 1 aromatic heterocycles. The standard InChI is InChI=1S/C20H24N2O4/c1-2-14-4-5-17-16(10-14)15(11-18(23)25-17)12-22-8-3-6-20(7-9-22)13-21-19(24)26-20/h4-5,10-11H,2-3,6-9,12-13H2,1H3,(H,21,24). The van der Waals surface area contributed by atoms with Gasteiger partial charge in [0.2, 0.25) is 0 Å². The molecule has 1 spiro atoms. The van der Waals surface area contributed by atoms with Crippen molar-refractivity contribution in [2.75, 3.05) is 19.6 Å². The molecule has 0 saturated carbocycles. The topological polar surface area (TPSA) is 71.8 Å². The van der Waals surface area contributed by atoms with Crippen molar-refractivity contribution in [1.82, 2.24) is 10.2 Å². The highest BCUT2D eigenvalue weighted by atomic mass is 16.6. The van der Waals surface area contributed by atoms with Crippen LogP contribution in [0.4, 0.5) is 4.79 Å². The first-order chi connectivity index (χ1) is 12.6. The third-order valence-corrected chi connectivity index (χ3v) is 5.55. The molecule has 0 bridgehead atoms. The van der Waals surface area contributed by atoms with Gasteiger partial charge in [-0.15, -0.1) is 0 Å². The number of aryl methyl sites for hydroxylation is 1. The maximum absolute atomic E-state index is 12.0. The first-order valence-electron chi connectivity index (χ1n) is 9.32. The van der Waals surface area contributed by atoms with Crippen LogP contribution in [0.3, 0.4) is 0 Å². The molecule has 1 N–H and O–H groups in total. The molecule has 2 saturated heterocycles. The fraction of sp³-hybridized carbons (Fsp3) is 0.500. The van der Waals surface area contributed by atoms with E-state index in [1.165, 1.54) is 5.56 Å². The number of benzene rings is 1. The minimum Gasteiger partial charge on any atom is -0.441 e. The van der Waals surface area contributed by atoms with Gasteiger partial charge in [0.1, 0.15) is 11.2 Å². The van der Waals surface area contributed by atoms with E-state index in [1.54, 1.807) is 6.07 Å². The lowest BCUT2D eigenvalue weighted by Gasteiger charge is -2.25. The second-order valence-electron chi connectivity index (χ2n) is 7.33. The maximum atomic E-state index is 12.0. The Morgan fingerprint density at radius 2 is 2.08 bits per heavy atom. The predicted octanol–water partition coefficient (Wildman–Crippen LogP) is 2.82. The largest absolute Gasteiger partial charge is 0.441 e. The lowest BCUT2D eigenvalue weighted by atomic mass is 9.95. The van der Waals surface area contributed by atoms with Crippen LogP contribution in [0.2, 0.25) is 0 Å². The number of rotatable bonds is 3. The summed E-state index contributed by atoms with van der Waals surface area (Å²) >= 11 is 0. The summed E-state index contributed by atoms with van der Waals surface area (Å²) in [6.07, 6.45) is 3.29. The summed E-state index contributed by atoms with van der Waals surface area (Å²) in [6, 6.07) is 7.63. The Labute approximate surface area is 152 Å². The monoisotopic (exact) mass is 356 g/mol. The fourth-order valence-electron chi connectivity index (χ4n) is 4.03. The van der Waals surface area contributed by atoms with Crippen LogP contribution >= 0.6 is 0 Å². The second-order valence-corrected chi connectivity index (χ2v) is 7.33. The Kier molecular flexibility index (Phi) is 4.44. The van der Waals surface area contributed by atoms with Crippen LogP contribution in [0.25, 0.3) is 11.0 Å². The van der Waals surface area contributed by atoms with Crippen LogP contribution in [0.1, 0.15) is 37.3 Å². The van der Waals surface area contributed by atoms with E-state index in [0.29, 0.717) is 18.7 Å². The zero-order chi connectivity index (χ0) is 18.1. The molecule has 3 heterocycles. The number of hydrogen-bond donors (Lipinski definition) is 1. The number of amides is 1. The number of carbonyl (C=O) groups is 1. The zero-order valence-electron chi connectivity index (χ0n) is 15.0. The minimum absolute atomic E-state index is 0.308. The second kappa shape index (κ2) is 6.76. The van der Waals surface area contributed by atoms with Crippen molar-refractivity contribution in [2.24, 2.45) is 0 Å². The smallest absolute Gasteiger partial charge is 0.407 e. The molecule has 2 fully saturated rings. The van der Waals surface area contributed by atoms with Gasteiger partial charge in [-0.25, -0.2) is 9.59 Å². The van der Waals surface area contributed by atoms with Crippen LogP contribution in [-0.2, 0) is 17.7 Å². The number of carbonyl (C=O) groups excluding carboxylic acids is 1. The van der Waals surface area contributed by atoms with Crippen molar-refractivity contribution < 1.29 is 13.9 Å². The van der Waals surface area contributed by atoms with Gasteiger partial charge in [0, 0.05) is 31.0 Å². The minimum atomic E-state index is -0.362. The number of nitrogens with one attached hydrogen (secondary N) is 1. The molecular weight excluding hydrogens is 332 g/mol. The average molecular weight is 356 g/mol. The first-order valence-corrected chi connectivity index (χ1v) is 9.32. The van der Waals surface area contributed by atoms with Gasteiger partial charge in [0.05, 0.1) is 6.54 Å². The first kappa shape index (κ1) is 17.1. The summed E-state index contributed by atoms with van der Waals surface area (Å²) in [4.78, 5) is 25.8. The van der Waals surface area contributed by atoms with Gasteiger partial charge in [-0.05, 0) is 49.1 Å². The molecule has 2 aliphatic heterocycles. The van der Waals surface area contributed by atoms with E-state index in [-0.39, 0.29) is 17.3 Å². The summed E-state index contributed by atoms with van der Waals surface area (Å²) in [7, 11) is 0. The third kappa shape index (κ3) is 3.33. The summed E-state index contributed by atoms with van der Waals surface area (Å²) in [5.74, 6) is 0. The molecule has 2 aromatic rings. The lowest BCUT2D eigenvalue weighted by Crippen LogP contribution is -2.34. The van der Waals surface area contributed by atoms with E-state index < -0.39 is 0 Å². The molecule has 26 heavy (non-hydrogen) atoms. The number of ether oxygens (including phenoxy) is 1. The zero-order valence-corrected chi connectivity index (χ0v) is 15.0. The van der Waals surface area contributed by atoms with E-state index in [4.69, 9.17) is 9.15 Å². The molecule has 1 aromatic carbocycles. The van der Waals surface area contributed by atoms with Crippen molar-refractivity contribution in [1.29, 1.82) is 0 Å². The van der Waals surface area contributed by atoms with Gasteiger partial charge in [-0.1, -0.05) is 13.0 Å². The molecule has 1 unspecified atom stereocenters. The molecule has 0 radical (unpaired) electrons. The number of alkyl carbamates (subject to hydrolysis) is 1. The number of likely N-dealkylation sites (tertiary alicyclic amines) is 1. The Bertz CT molecular complexity index is 891. The molecular formula is C20H24N2O4. The highest BCUT2D eigenvalue weighted by Crippen LogP contribution is 2.30. The van der Waals surface area contributed by atoms with Crippen LogP contribution in [-0.4, -0.2) is 36.2 Å². The van der Waals surface area contributed by atoms with Crippen LogP contribution in [0.15, 0.2) is 33.5 Å². The van der Waals surface area contributed by atoms with E-state index in [2.05, 4.69) is 23.2 Å². The number of fused-ring (bicyclic) bond motifs is 1. The molecule has 1 amide bonds. The summed E-state index contributed by atoms with van der Waals surface area (Å²) in [6.45, 7) is 5.17. The lowest BCUT2D eigenvalue weighted by molar-refractivity contribution is 0.0443. The molecule has 138 valence electrons. The molecule has 0 aliphatic carbocycles. The van der Waals surface area contributed by atoms with Gasteiger partial charge in [-0.3, -0.25) is 4.90 Å². The van der Waals surface area contributed by atoms with Crippen molar-refractivity contribution in [3.05, 3.63) is 45.8 Å². The third-order valence-electron chi connectivity index (χ3n) is 5.55. The van der Waals surface area contributed by atoms with Gasteiger partial charge in [0.15, 0.2) is 0 Å². The molecule has 2 aliphatic rings. The van der Waals surface area contributed by atoms with Crippen molar-refractivity contribution in [2.45, 2.75) is 44.8 Å². The van der Waals surface area contributed by atoms with E-state index in [9.17, 15) is 9.59 Å². The normalized spacial score (nSPS) is 23.8. The van der Waals surface area contributed by atoms with Crippen LogP contribution in [0, 0.1) is 0 Å². The number of hydrogen-bond acceptors (Lipinski definition) is 5. The Morgan fingerprint density at radius 1 is 1.19 bits per heavy atom. The quantitative estimate of drug-likeness (QED) is 0.856. The van der Waals surface area contributed by atoms with E-state index in [0.717, 1.165) is 49.7 Å². The van der Waals surface area contributed by atoms with Gasteiger partial charge in [0.25, 0.3) is 0 Å². The van der Waals surface area contributed by atoms with Gasteiger partial charge >= 0.3 is 11.7 Å². The number of nitrogens with zero attached hydrogens (tertiary/aromatic N) is 1. The van der Waals surface area contributed by atoms with Crippen LogP contribution in [0.5, 0.6) is 0 Å². The predicted molar refractivity (Wildman–Crippen MR) is 98.2 cm³/mol. The Balaban J connectivity index is 1.57. The Morgan fingerprint density at radius 3 is 2.85 bits per heavy atom. The van der Waals surface area contributed by atoms with E-state index in [1.807, 2.05) is 12.1 Å². The molecule has 1 atom stereocenters. The van der Waals surface area contributed by atoms with Gasteiger partial charge < -0.3 is 14.5 Å². The summed E-state index contributed by atoms with van der Waals surface area (Å²) in [5, 5.41) is 3.79. The van der Waals surface area contributed by atoms with E-state index >= 15 is 0 Å². The fourth-order valence-corrected chi connectivity index (χ4v) is 4.03.